The van der Waals surface area contributed by atoms with E-state index in [1.54, 1.807) is 48.8 Å². The van der Waals surface area contributed by atoms with Gasteiger partial charge in [0.05, 0.1) is 11.9 Å². The Morgan fingerprint density at radius 2 is 1.79 bits per heavy atom. The standard InChI is InChI=1S/C19H19ClN6O2/c20-14-3-5-16(6-4-14)28-13-19(27)23-11-10-22-17-7-8-18(26-25-17)24-15-2-1-9-21-12-15/h1-9,12H,10-11,13H2,(H,22,25)(H,23,27)(H,24,26). The number of carbonyl (C=O) groups excluding carboxylic acids is 1. The van der Waals surface area contributed by atoms with E-state index in [0.29, 0.717) is 35.5 Å². The summed E-state index contributed by atoms with van der Waals surface area (Å²) in [7, 11) is 0. The van der Waals surface area contributed by atoms with Gasteiger partial charge in [0.2, 0.25) is 0 Å². The Hall–Kier alpha value is -3.39. The van der Waals surface area contributed by atoms with Crippen molar-refractivity contribution in [3.8, 4) is 5.75 Å². The topological polar surface area (TPSA) is 101 Å². The molecule has 9 heteroatoms. The van der Waals surface area contributed by atoms with E-state index in [1.165, 1.54) is 0 Å². The molecule has 3 N–H and O–H groups in total. The molecule has 8 nitrogen and oxygen atoms in total. The van der Waals surface area contributed by atoms with E-state index in [0.717, 1.165) is 5.69 Å². The van der Waals surface area contributed by atoms with Gasteiger partial charge in [0.25, 0.3) is 5.91 Å². The highest BCUT2D eigenvalue weighted by molar-refractivity contribution is 6.30. The van der Waals surface area contributed by atoms with Gasteiger partial charge in [-0.15, -0.1) is 10.2 Å². The highest BCUT2D eigenvalue weighted by Crippen LogP contribution is 2.15. The lowest BCUT2D eigenvalue weighted by Crippen LogP contribution is -2.32. The Kier molecular flexibility index (Phi) is 6.97. The molecular weight excluding hydrogens is 380 g/mol. The number of pyridine rings is 1. The third kappa shape index (κ3) is 6.40. The van der Waals surface area contributed by atoms with Crippen LogP contribution >= 0.6 is 11.6 Å². The zero-order valence-corrected chi connectivity index (χ0v) is 15.7. The first-order chi connectivity index (χ1) is 13.7. The van der Waals surface area contributed by atoms with Crippen LogP contribution in [0.5, 0.6) is 5.75 Å². The maximum atomic E-state index is 11.8. The summed E-state index contributed by atoms with van der Waals surface area (Å²) in [6.07, 6.45) is 3.40. The number of benzene rings is 1. The van der Waals surface area contributed by atoms with Crippen molar-refractivity contribution in [2.24, 2.45) is 0 Å². The maximum Gasteiger partial charge on any atom is 0.258 e. The van der Waals surface area contributed by atoms with Crippen LogP contribution in [0, 0.1) is 0 Å². The Balaban J connectivity index is 1.33. The van der Waals surface area contributed by atoms with Crippen molar-refractivity contribution < 1.29 is 9.53 Å². The molecule has 0 atom stereocenters. The fourth-order valence-corrected chi connectivity index (χ4v) is 2.33. The van der Waals surface area contributed by atoms with Crippen molar-refractivity contribution in [1.82, 2.24) is 20.5 Å². The molecule has 2 heterocycles. The molecule has 1 aromatic carbocycles. The predicted octanol–water partition coefficient (Wildman–Crippen LogP) is 2.88. The van der Waals surface area contributed by atoms with Crippen LogP contribution in [0.2, 0.25) is 5.02 Å². The van der Waals surface area contributed by atoms with Gasteiger partial charge in [0.1, 0.15) is 11.6 Å². The summed E-state index contributed by atoms with van der Waals surface area (Å²) in [6, 6.07) is 14.2. The van der Waals surface area contributed by atoms with E-state index < -0.39 is 0 Å². The summed E-state index contributed by atoms with van der Waals surface area (Å²) in [5, 5.41) is 17.7. The lowest BCUT2D eigenvalue weighted by atomic mass is 10.3. The van der Waals surface area contributed by atoms with E-state index >= 15 is 0 Å². The maximum absolute atomic E-state index is 11.8. The molecule has 3 aromatic rings. The molecule has 0 saturated carbocycles. The average Bonchev–Trinajstić information content (AvgIpc) is 2.73. The third-order valence-electron chi connectivity index (χ3n) is 3.54. The second-order valence-electron chi connectivity index (χ2n) is 5.69. The molecule has 0 saturated heterocycles. The van der Waals surface area contributed by atoms with Crippen molar-refractivity contribution in [3.05, 3.63) is 65.9 Å². The summed E-state index contributed by atoms with van der Waals surface area (Å²) in [5.74, 6) is 1.61. The van der Waals surface area contributed by atoms with Crippen molar-refractivity contribution in [1.29, 1.82) is 0 Å². The smallest absolute Gasteiger partial charge is 0.258 e. The van der Waals surface area contributed by atoms with Crippen LogP contribution in [0.25, 0.3) is 0 Å². The lowest BCUT2D eigenvalue weighted by Gasteiger charge is -2.09. The van der Waals surface area contributed by atoms with Gasteiger partial charge in [-0.25, -0.2) is 0 Å². The quantitative estimate of drug-likeness (QED) is 0.476. The Labute approximate surface area is 167 Å². The Bertz CT molecular complexity index is 875. The summed E-state index contributed by atoms with van der Waals surface area (Å²) in [6.45, 7) is 0.882. The van der Waals surface area contributed by atoms with Crippen molar-refractivity contribution in [2.75, 3.05) is 30.3 Å². The highest BCUT2D eigenvalue weighted by atomic mass is 35.5. The molecule has 0 bridgehead atoms. The van der Waals surface area contributed by atoms with Crippen LogP contribution in [0.3, 0.4) is 0 Å². The summed E-state index contributed by atoms with van der Waals surface area (Å²) >= 11 is 5.80. The van der Waals surface area contributed by atoms with Crippen LogP contribution in [0.15, 0.2) is 60.9 Å². The molecule has 0 aliphatic heterocycles. The van der Waals surface area contributed by atoms with E-state index in [1.807, 2.05) is 12.1 Å². The fourth-order valence-electron chi connectivity index (χ4n) is 2.20. The predicted molar refractivity (Wildman–Crippen MR) is 108 cm³/mol. The molecular formula is C19H19ClN6O2. The fraction of sp³-hybridized carbons (Fsp3) is 0.158. The SMILES string of the molecule is O=C(COc1ccc(Cl)cc1)NCCNc1ccc(Nc2cccnc2)nn1. The molecule has 0 unspecified atom stereocenters. The van der Waals surface area contributed by atoms with Crippen molar-refractivity contribution in [2.45, 2.75) is 0 Å². The largest absolute Gasteiger partial charge is 0.484 e. The van der Waals surface area contributed by atoms with Crippen LogP contribution in [0.4, 0.5) is 17.3 Å². The normalized spacial score (nSPS) is 10.2. The second kappa shape index (κ2) is 10.1. The first-order valence-corrected chi connectivity index (χ1v) is 8.96. The number of hydrogen-bond acceptors (Lipinski definition) is 7. The molecule has 0 aliphatic rings. The van der Waals surface area contributed by atoms with Gasteiger partial charge in [-0.05, 0) is 48.5 Å². The molecule has 144 valence electrons. The zero-order valence-electron chi connectivity index (χ0n) is 14.9. The summed E-state index contributed by atoms with van der Waals surface area (Å²) < 4.78 is 5.38. The number of halogens is 1. The summed E-state index contributed by atoms with van der Waals surface area (Å²) in [4.78, 5) is 15.8. The van der Waals surface area contributed by atoms with Gasteiger partial charge in [0.15, 0.2) is 12.4 Å². The van der Waals surface area contributed by atoms with Crippen LogP contribution in [0.1, 0.15) is 0 Å². The van der Waals surface area contributed by atoms with E-state index in [2.05, 4.69) is 31.1 Å². The Morgan fingerprint density at radius 1 is 1.00 bits per heavy atom. The molecule has 2 aromatic heterocycles. The molecule has 0 aliphatic carbocycles. The summed E-state index contributed by atoms with van der Waals surface area (Å²) in [5.41, 5.74) is 0.834. The van der Waals surface area contributed by atoms with Gasteiger partial charge in [-0.2, -0.15) is 0 Å². The average molecular weight is 399 g/mol. The van der Waals surface area contributed by atoms with Crippen molar-refractivity contribution in [3.63, 3.8) is 0 Å². The van der Waals surface area contributed by atoms with Crippen molar-refractivity contribution >= 4 is 34.8 Å². The number of ether oxygens (including phenoxy) is 1. The molecule has 1 amide bonds. The zero-order chi connectivity index (χ0) is 19.6. The van der Waals surface area contributed by atoms with Crippen LogP contribution in [-0.4, -0.2) is 40.8 Å². The van der Waals surface area contributed by atoms with E-state index in [9.17, 15) is 4.79 Å². The number of amides is 1. The molecule has 0 fully saturated rings. The highest BCUT2D eigenvalue weighted by Gasteiger charge is 2.03. The number of nitrogens with zero attached hydrogens (tertiary/aromatic N) is 3. The van der Waals surface area contributed by atoms with Crippen LogP contribution < -0.4 is 20.7 Å². The molecule has 28 heavy (non-hydrogen) atoms. The van der Waals surface area contributed by atoms with Gasteiger partial charge in [-0.1, -0.05) is 11.6 Å². The first-order valence-electron chi connectivity index (χ1n) is 8.59. The molecule has 0 spiro atoms. The van der Waals surface area contributed by atoms with Gasteiger partial charge < -0.3 is 20.7 Å². The van der Waals surface area contributed by atoms with Gasteiger partial charge in [-0.3, -0.25) is 9.78 Å². The van der Waals surface area contributed by atoms with Crippen LogP contribution in [-0.2, 0) is 4.79 Å². The lowest BCUT2D eigenvalue weighted by molar-refractivity contribution is -0.123. The molecule has 3 rings (SSSR count). The van der Waals surface area contributed by atoms with E-state index in [-0.39, 0.29) is 12.5 Å². The minimum Gasteiger partial charge on any atom is -0.484 e. The number of anilines is 3. The van der Waals surface area contributed by atoms with Gasteiger partial charge in [0, 0.05) is 24.3 Å². The minimum absolute atomic E-state index is 0.0594. The monoisotopic (exact) mass is 398 g/mol. The second-order valence-corrected chi connectivity index (χ2v) is 6.13. The number of hydrogen-bond donors (Lipinski definition) is 3. The third-order valence-corrected chi connectivity index (χ3v) is 3.79. The number of nitrogens with one attached hydrogen (secondary N) is 3. The minimum atomic E-state index is -0.209. The first kappa shape index (κ1) is 19.4. The Morgan fingerprint density at radius 3 is 2.50 bits per heavy atom. The van der Waals surface area contributed by atoms with E-state index in [4.69, 9.17) is 16.3 Å². The van der Waals surface area contributed by atoms with Gasteiger partial charge >= 0.3 is 0 Å². The number of carbonyl (C=O) groups is 1. The molecule has 0 radical (unpaired) electrons. The number of aromatic nitrogens is 3. The number of rotatable bonds is 9.